The zero-order valence-electron chi connectivity index (χ0n) is 11.4. The van der Waals surface area contributed by atoms with Crippen molar-refractivity contribution in [3.8, 4) is 0 Å². The van der Waals surface area contributed by atoms with Crippen molar-refractivity contribution >= 4 is 0 Å². The molecular formula is C15H24O3. The van der Waals surface area contributed by atoms with E-state index in [1.165, 1.54) is 0 Å². The molecule has 0 saturated heterocycles. The Morgan fingerprint density at radius 3 is 2.39 bits per heavy atom. The summed E-state index contributed by atoms with van der Waals surface area (Å²) in [5.74, 6) is -0.0436. The van der Waals surface area contributed by atoms with Crippen molar-refractivity contribution in [1.82, 2.24) is 0 Å². The Labute approximate surface area is 109 Å². The summed E-state index contributed by atoms with van der Waals surface area (Å²) in [6, 6.07) is 0. The maximum Gasteiger partial charge on any atom is 0.0670 e. The Balaban J connectivity index is 2.04. The highest BCUT2D eigenvalue weighted by atomic mass is 16.3. The van der Waals surface area contributed by atoms with E-state index in [1.807, 2.05) is 13.8 Å². The zero-order valence-corrected chi connectivity index (χ0v) is 11.4. The van der Waals surface area contributed by atoms with Crippen LogP contribution in [0.2, 0.25) is 0 Å². The zero-order chi connectivity index (χ0) is 13.5. The summed E-state index contributed by atoms with van der Waals surface area (Å²) in [7, 11) is 0. The number of hydrogen-bond donors (Lipinski definition) is 3. The predicted octanol–water partition coefficient (Wildman–Crippen LogP) is 1.33. The van der Waals surface area contributed by atoms with E-state index in [-0.39, 0.29) is 29.1 Å². The largest absolute Gasteiger partial charge is 0.392 e. The lowest BCUT2D eigenvalue weighted by molar-refractivity contribution is -0.110. The van der Waals surface area contributed by atoms with Gasteiger partial charge in [0.25, 0.3) is 0 Å². The summed E-state index contributed by atoms with van der Waals surface area (Å²) in [6.45, 7) is 9.94. The summed E-state index contributed by atoms with van der Waals surface area (Å²) in [5, 5.41) is 31.2. The molecule has 3 N–H and O–H groups in total. The molecule has 3 heteroatoms. The quantitative estimate of drug-likeness (QED) is 0.617. The van der Waals surface area contributed by atoms with E-state index in [2.05, 4.69) is 13.5 Å². The molecule has 3 rings (SSSR count). The normalized spacial score (nSPS) is 55.1. The van der Waals surface area contributed by atoms with Crippen LogP contribution in [0.25, 0.3) is 0 Å². The fraction of sp³-hybridized carbons (Fsp3) is 0.867. The maximum absolute atomic E-state index is 10.5. The first-order valence-corrected chi connectivity index (χ1v) is 6.97. The SMILES string of the molecule is C=C1[C@@H]2C(O)[C@H]3[C@@H]([C@H]2O)[C@@H](C(C)(C)O)CC[C@@]13C. The highest BCUT2D eigenvalue weighted by molar-refractivity contribution is 5.34. The van der Waals surface area contributed by atoms with Crippen LogP contribution in [0.1, 0.15) is 33.6 Å². The van der Waals surface area contributed by atoms with Crippen molar-refractivity contribution in [2.24, 2.45) is 29.1 Å². The fourth-order valence-electron chi connectivity index (χ4n) is 5.20. The Bertz CT molecular complexity index is 397. The lowest BCUT2D eigenvalue weighted by atomic mass is 9.53. The van der Waals surface area contributed by atoms with Crippen LogP contribution >= 0.6 is 0 Å². The van der Waals surface area contributed by atoms with Crippen LogP contribution in [0.15, 0.2) is 12.2 Å². The number of aliphatic hydroxyl groups is 3. The number of rotatable bonds is 1. The van der Waals surface area contributed by atoms with Gasteiger partial charge >= 0.3 is 0 Å². The number of aliphatic hydroxyl groups excluding tert-OH is 2. The second kappa shape index (κ2) is 3.38. The molecule has 3 nitrogen and oxygen atoms in total. The van der Waals surface area contributed by atoms with Crippen LogP contribution in [0.5, 0.6) is 0 Å². The standard InChI is InChI=1S/C15H24O3/c1-7-9-12(16)10-8(14(2,3)18)5-6-15(7,4)11(10)13(9)17/h8-13,16-18H,1,5-6H2,2-4H3/t8-,9-,10-,11+,12-,13?,15-/m0/s1. The van der Waals surface area contributed by atoms with E-state index < -0.39 is 17.8 Å². The van der Waals surface area contributed by atoms with E-state index in [9.17, 15) is 15.3 Å². The third kappa shape index (κ3) is 1.25. The van der Waals surface area contributed by atoms with Crippen LogP contribution in [0, 0.1) is 29.1 Å². The molecule has 3 aliphatic carbocycles. The van der Waals surface area contributed by atoms with Gasteiger partial charge in [-0.25, -0.2) is 0 Å². The topological polar surface area (TPSA) is 60.7 Å². The van der Waals surface area contributed by atoms with Crippen LogP contribution in [0.3, 0.4) is 0 Å². The van der Waals surface area contributed by atoms with Crippen molar-refractivity contribution in [1.29, 1.82) is 0 Å². The average molecular weight is 252 g/mol. The minimum absolute atomic E-state index is 0.00856. The molecule has 0 aromatic heterocycles. The molecule has 0 aromatic rings. The predicted molar refractivity (Wildman–Crippen MR) is 68.8 cm³/mol. The van der Waals surface area contributed by atoms with E-state index in [1.54, 1.807) is 0 Å². The van der Waals surface area contributed by atoms with Crippen molar-refractivity contribution in [2.75, 3.05) is 0 Å². The van der Waals surface area contributed by atoms with E-state index in [0.29, 0.717) is 0 Å². The van der Waals surface area contributed by atoms with Crippen molar-refractivity contribution in [2.45, 2.75) is 51.4 Å². The molecule has 3 aliphatic rings. The molecule has 7 atom stereocenters. The third-order valence-electron chi connectivity index (χ3n) is 6.13. The van der Waals surface area contributed by atoms with Crippen LogP contribution in [-0.2, 0) is 0 Å². The third-order valence-corrected chi connectivity index (χ3v) is 6.13. The highest BCUT2D eigenvalue weighted by Crippen LogP contribution is 2.68. The lowest BCUT2D eigenvalue weighted by Crippen LogP contribution is -2.53. The molecule has 1 unspecified atom stereocenters. The minimum atomic E-state index is -0.793. The van der Waals surface area contributed by atoms with Gasteiger partial charge in [0, 0.05) is 11.8 Å². The molecule has 102 valence electrons. The molecular weight excluding hydrogens is 228 g/mol. The van der Waals surface area contributed by atoms with Gasteiger partial charge in [-0.05, 0) is 43.9 Å². The lowest BCUT2D eigenvalue weighted by Gasteiger charge is -2.53. The molecule has 0 heterocycles. The first-order chi connectivity index (χ1) is 8.19. The Morgan fingerprint density at radius 2 is 1.89 bits per heavy atom. The monoisotopic (exact) mass is 252 g/mol. The van der Waals surface area contributed by atoms with Gasteiger partial charge in [0.1, 0.15) is 0 Å². The Morgan fingerprint density at radius 1 is 1.28 bits per heavy atom. The summed E-state index contributed by atoms with van der Waals surface area (Å²) in [4.78, 5) is 0. The second-order valence-electron chi connectivity index (χ2n) is 7.35. The molecule has 0 radical (unpaired) electrons. The van der Waals surface area contributed by atoms with E-state index in [0.717, 1.165) is 18.4 Å². The van der Waals surface area contributed by atoms with Gasteiger partial charge < -0.3 is 15.3 Å². The smallest absolute Gasteiger partial charge is 0.0670 e. The summed E-state index contributed by atoms with van der Waals surface area (Å²) >= 11 is 0. The van der Waals surface area contributed by atoms with Gasteiger partial charge in [-0.2, -0.15) is 0 Å². The van der Waals surface area contributed by atoms with E-state index in [4.69, 9.17) is 0 Å². The number of fused-ring (bicyclic) bond motifs is 1. The van der Waals surface area contributed by atoms with E-state index >= 15 is 0 Å². The van der Waals surface area contributed by atoms with Crippen molar-refractivity contribution < 1.29 is 15.3 Å². The van der Waals surface area contributed by atoms with Crippen LogP contribution < -0.4 is 0 Å². The van der Waals surface area contributed by atoms with Crippen LogP contribution in [0.4, 0.5) is 0 Å². The molecule has 0 aliphatic heterocycles. The molecule has 3 saturated carbocycles. The van der Waals surface area contributed by atoms with Gasteiger partial charge in [0.05, 0.1) is 17.8 Å². The summed E-state index contributed by atoms with van der Waals surface area (Å²) < 4.78 is 0. The average Bonchev–Trinajstić information content (AvgIpc) is 2.60. The first kappa shape index (κ1) is 12.6. The Hall–Kier alpha value is -0.380. The molecule has 3 fully saturated rings. The van der Waals surface area contributed by atoms with Gasteiger partial charge in [0.2, 0.25) is 0 Å². The summed E-state index contributed by atoms with van der Waals surface area (Å²) in [5.41, 5.74) is 0.187. The summed E-state index contributed by atoms with van der Waals surface area (Å²) in [6.07, 6.45) is 0.841. The fourth-order valence-corrected chi connectivity index (χ4v) is 5.20. The Kier molecular flexibility index (Phi) is 2.38. The molecule has 18 heavy (non-hydrogen) atoms. The van der Waals surface area contributed by atoms with Crippen molar-refractivity contribution in [3.05, 3.63) is 12.2 Å². The second-order valence-corrected chi connectivity index (χ2v) is 7.35. The molecule has 2 bridgehead atoms. The van der Waals surface area contributed by atoms with Crippen LogP contribution in [-0.4, -0.2) is 33.1 Å². The van der Waals surface area contributed by atoms with Gasteiger partial charge in [0.15, 0.2) is 0 Å². The molecule has 0 amide bonds. The van der Waals surface area contributed by atoms with Gasteiger partial charge in [-0.3, -0.25) is 0 Å². The van der Waals surface area contributed by atoms with Gasteiger partial charge in [-0.1, -0.05) is 19.1 Å². The minimum Gasteiger partial charge on any atom is -0.392 e. The number of hydrogen-bond acceptors (Lipinski definition) is 3. The molecule has 0 aromatic carbocycles. The van der Waals surface area contributed by atoms with Crippen molar-refractivity contribution in [3.63, 3.8) is 0 Å². The van der Waals surface area contributed by atoms with Gasteiger partial charge in [-0.15, -0.1) is 0 Å². The molecule has 0 spiro atoms. The highest BCUT2D eigenvalue weighted by Gasteiger charge is 2.69. The first-order valence-electron chi connectivity index (χ1n) is 6.97. The maximum atomic E-state index is 10.5.